The van der Waals surface area contributed by atoms with Crippen molar-refractivity contribution in [1.82, 2.24) is 4.57 Å². The molecule has 0 saturated heterocycles. The first-order chi connectivity index (χ1) is 19.2. The number of hydrogen-bond donors (Lipinski definition) is 0. The van der Waals surface area contributed by atoms with Crippen LogP contribution in [0.25, 0.3) is 60.9 Å². The Kier molecular flexibility index (Phi) is 5.64. The summed E-state index contributed by atoms with van der Waals surface area (Å²) in [6.07, 6.45) is 0. The Hall–Kier alpha value is -4.88. The summed E-state index contributed by atoms with van der Waals surface area (Å²) in [6, 6.07) is 50.6. The van der Waals surface area contributed by atoms with E-state index in [-0.39, 0.29) is 0 Å². The fourth-order valence-corrected chi connectivity index (χ4v) is 5.93. The third kappa shape index (κ3) is 3.95. The van der Waals surface area contributed by atoms with E-state index in [1.807, 2.05) is 0 Å². The van der Waals surface area contributed by atoms with Crippen LogP contribution in [0.3, 0.4) is 0 Å². The Morgan fingerprint density at radius 2 is 0.949 bits per heavy atom. The SMILES string of the molecule is Cc1ccccc1-c1ccccc1-c1cc(-c2ccc3c(c2)c2ccccc2n3-c2ccccc2)ccc1C. The second-order valence-electron chi connectivity index (χ2n) is 10.3. The minimum Gasteiger partial charge on any atom is -0.309 e. The summed E-state index contributed by atoms with van der Waals surface area (Å²) in [5.41, 5.74) is 13.8. The van der Waals surface area contributed by atoms with Gasteiger partial charge in [0.1, 0.15) is 0 Å². The first-order valence-electron chi connectivity index (χ1n) is 13.5. The highest BCUT2D eigenvalue weighted by Gasteiger charge is 2.15. The smallest absolute Gasteiger partial charge is 0.0541 e. The molecule has 1 heteroatoms. The quantitative estimate of drug-likeness (QED) is 0.227. The van der Waals surface area contributed by atoms with E-state index in [9.17, 15) is 0 Å². The lowest BCUT2D eigenvalue weighted by molar-refractivity contribution is 1.18. The predicted octanol–water partition coefficient (Wildman–Crippen LogP) is 10.4. The van der Waals surface area contributed by atoms with Crippen molar-refractivity contribution in [3.8, 4) is 39.1 Å². The molecule has 7 aromatic rings. The van der Waals surface area contributed by atoms with E-state index in [1.54, 1.807) is 0 Å². The second-order valence-corrected chi connectivity index (χ2v) is 10.3. The molecule has 1 heterocycles. The molecule has 1 nitrogen and oxygen atoms in total. The molecule has 0 bridgehead atoms. The van der Waals surface area contributed by atoms with Gasteiger partial charge in [-0.3, -0.25) is 0 Å². The Bertz CT molecular complexity index is 1970. The first-order valence-corrected chi connectivity index (χ1v) is 13.5. The molecule has 0 saturated carbocycles. The van der Waals surface area contributed by atoms with Gasteiger partial charge in [0.05, 0.1) is 11.0 Å². The molecule has 0 N–H and O–H groups in total. The molecule has 39 heavy (non-hydrogen) atoms. The van der Waals surface area contributed by atoms with E-state index < -0.39 is 0 Å². The van der Waals surface area contributed by atoms with Gasteiger partial charge in [-0.1, -0.05) is 103 Å². The van der Waals surface area contributed by atoms with Crippen molar-refractivity contribution in [2.24, 2.45) is 0 Å². The zero-order valence-corrected chi connectivity index (χ0v) is 22.2. The predicted molar refractivity (Wildman–Crippen MR) is 167 cm³/mol. The number of benzene rings is 6. The first kappa shape index (κ1) is 23.3. The summed E-state index contributed by atoms with van der Waals surface area (Å²) >= 11 is 0. The van der Waals surface area contributed by atoms with E-state index >= 15 is 0 Å². The number of aromatic nitrogens is 1. The van der Waals surface area contributed by atoms with Crippen LogP contribution >= 0.6 is 0 Å². The lowest BCUT2D eigenvalue weighted by Crippen LogP contribution is -1.93. The van der Waals surface area contributed by atoms with Crippen LogP contribution in [0.5, 0.6) is 0 Å². The average Bonchev–Trinajstić information content (AvgIpc) is 3.32. The van der Waals surface area contributed by atoms with Crippen molar-refractivity contribution in [1.29, 1.82) is 0 Å². The molecular formula is C38H29N. The van der Waals surface area contributed by atoms with Gasteiger partial charge in [-0.15, -0.1) is 0 Å². The third-order valence-electron chi connectivity index (χ3n) is 7.91. The van der Waals surface area contributed by atoms with Crippen molar-refractivity contribution in [3.05, 3.63) is 151 Å². The maximum atomic E-state index is 2.37. The van der Waals surface area contributed by atoms with Crippen LogP contribution < -0.4 is 0 Å². The summed E-state index contributed by atoms with van der Waals surface area (Å²) in [7, 11) is 0. The van der Waals surface area contributed by atoms with Crippen LogP contribution in [0.15, 0.2) is 140 Å². The Morgan fingerprint density at radius 3 is 1.74 bits per heavy atom. The molecule has 6 aromatic carbocycles. The van der Waals surface area contributed by atoms with Gasteiger partial charge in [0.25, 0.3) is 0 Å². The molecule has 0 amide bonds. The number of aryl methyl sites for hydroxylation is 2. The van der Waals surface area contributed by atoms with Crippen molar-refractivity contribution < 1.29 is 0 Å². The summed E-state index contributed by atoms with van der Waals surface area (Å²) in [4.78, 5) is 0. The van der Waals surface area contributed by atoms with Crippen LogP contribution in [0, 0.1) is 13.8 Å². The van der Waals surface area contributed by atoms with Crippen LogP contribution in [0.4, 0.5) is 0 Å². The summed E-state index contributed by atoms with van der Waals surface area (Å²) in [5, 5.41) is 2.55. The minimum atomic E-state index is 1.18. The highest BCUT2D eigenvalue weighted by molar-refractivity contribution is 6.10. The van der Waals surface area contributed by atoms with E-state index in [0.29, 0.717) is 0 Å². The maximum absolute atomic E-state index is 2.37. The van der Waals surface area contributed by atoms with E-state index in [2.05, 4.69) is 158 Å². The average molecular weight is 500 g/mol. The third-order valence-corrected chi connectivity index (χ3v) is 7.91. The highest BCUT2D eigenvalue weighted by Crippen LogP contribution is 2.39. The van der Waals surface area contributed by atoms with Crippen LogP contribution in [0.1, 0.15) is 11.1 Å². The monoisotopic (exact) mass is 499 g/mol. The lowest BCUT2D eigenvalue weighted by atomic mass is 9.88. The molecule has 0 aliphatic rings. The largest absolute Gasteiger partial charge is 0.309 e. The Morgan fingerprint density at radius 1 is 0.385 bits per heavy atom. The van der Waals surface area contributed by atoms with Crippen LogP contribution in [-0.4, -0.2) is 4.57 Å². The molecule has 0 radical (unpaired) electrons. The molecule has 0 unspecified atom stereocenters. The van der Waals surface area contributed by atoms with Gasteiger partial charge in [-0.2, -0.15) is 0 Å². The molecule has 1 aromatic heterocycles. The van der Waals surface area contributed by atoms with Gasteiger partial charge in [-0.05, 0) is 94.8 Å². The number of hydrogen-bond acceptors (Lipinski definition) is 0. The van der Waals surface area contributed by atoms with Gasteiger partial charge >= 0.3 is 0 Å². The second kappa shape index (κ2) is 9.45. The van der Waals surface area contributed by atoms with Gasteiger partial charge < -0.3 is 4.57 Å². The molecule has 0 aliphatic carbocycles. The van der Waals surface area contributed by atoms with Crippen LogP contribution in [0.2, 0.25) is 0 Å². The molecule has 0 fully saturated rings. The fraction of sp³-hybridized carbons (Fsp3) is 0.0526. The maximum Gasteiger partial charge on any atom is 0.0541 e. The van der Waals surface area contributed by atoms with Crippen LogP contribution in [-0.2, 0) is 0 Å². The van der Waals surface area contributed by atoms with Crippen molar-refractivity contribution in [3.63, 3.8) is 0 Å². The standard InChI is InChI=1S/C38H29N/c1-26-12-6-7-15-31(26)32-16-8-9-17-33(32)35-24-28(21-20-27(35)2)29-22-23-38-36(25-29)34-18-10-11-19-37(34)39(38)30-13-4-3-5-14-30/h3-25H,1-2H3. The van der Waals surface area contributed by atoms with E-state index in [1.165, 1.54) is 72.0 Å². The minimum absolute atomic E-state index is 1.18. The molecule has 0 aliphatic heterocycles. The van der Waals surface area contributed by atoms with Gasteiger partial charge in [0, 0.05) is 16.5 Å². The van der Waals surface area contributed by atoms with E-state index in [0.717, 1.165) is 0 Å². The van der Waals surface area contributed by atoms with Crippen molar-refractivity contribution >= 4 is 21.8 Å². The normalized spacial score (nSPS) is 11.3. The highest BCUT2D eigenvalue weighted by atomic mass is 15.0. The molecule has 186 valence electrons. The number of para-hydroxylation sites is 2. The number of fused-ring (bicyclic) bond motifs is 3. The van der Waals surface area contributed by atoms with Crippen molar-refractivity contribution in [2.75, 3.05) is 0 Å². The lowest BCUT2D eigenvalue weighted by Gasteiger charge is -2.16. The van der Waals surface area contributed by atoms with Gasteiger partial charge in [-0.25, -0.2) is 0 Å². The van der Waals surface area contributed by atoms with Gasteiger partial charge in [0.2, 0.25) is 0 Å². The van der Waals surface area contributed by atoms with E-state index in [4.69, 9.17) is 0 Å². The molecule has 0 spiro atoms. The molecule has 7 rings (SSSR count). The summed E-state index contributed by atoms with van der Waals surface area (Å²) in [5.74, 6) is 0. The number of nitrogens with zero attached hydrogens (tertiary/aromatic N) is 1. The summed E-state index contributed by atoms with van der Waals surface area (Å²) < 4.78 is 2.37. The van der Waals surface area contributed by atoms with Crippen molar-refractivity contribution in [2.45, 2.75) is 13.8 Å². The van der Waals surface area contributed by atoms with Gasteiger partial charge in [0.15, 0.2) is 0 Å². The molecule has 0 atom stereocenters. The number of rotatable bonds is 4. The molecular weight excluding hydrogens is 470 g/mol. The zero-order chi connectivity index (χ0) is 26.3. The fourth-order valence-electron chi connectivity index (χ4n) is 5.93. The topological polar surface area (TPSA) is 4.93 Å². The Labute approximate surface area is 229 Å². The Balaban J connectivity index is 1.41. The zero-order valence-electron chi connectivity index (χ0n) is 22.2. The summed E-state index contributed by atoms with van der Waals surface area (Å²) in [6.45, 7) is 4.40.